The van der Waals surface area contributed by atoms with Crippen LogP contribution in [0.25, 0.3) is 0 Å². The highest BCUT2D eigenvalue weighted by Gasteiger charge is 2.16. The molecule has 1 fully saturated rings. The van der Waals surface area contributed by atoms with E-state index >= 15 is 0 Å². The lowest BCUT2D eigenvalue weighted by atomic mass is 10.1. The van der Waals surface area contributed by atoms with Crippen molar-refractivity contribution in [1.82, 2.24) is 15.4 Å². The number of carbonyl (C=O) groups excluding carboxylic acids is 1. The largest absolute Gasteiger partial charge is 0.489 e. The number of piperazine rings is 1. The lowest BCUT2D eigenvalue weighted by molar-refractivity contribution is 0.0940. The van der Waals surface area contributed by atoms with Gasteiger partial charge in [0.15, 0.2) is 0 Å². The number of hydrogen-bond acceptors (Lipinski definition) is 6. The third-order valence-corrected chi connectivity index (χ3v) is 6.29. The summed E-state index contributed by atoms with van der Waals surface area (Å²) >= 11 is 0. The fraction of sp³-hybridized carbons (Fsp3) is 0.385. The van der Waals surface area contributed by atoms with Crippen LogP contribution in [0, 0.1) is 13.8 Å². The minimum absolute atomic E-state index is 0.0884. The Morgan fingerprint density at radius 1 is 1.06 bits per heavy atom. The number of aromatic nitrogens is 1. The Morgan fingerprint density at radius 2 is 1.73 bits per heavy atom. The molecule has 1 aromatic heterocycles. The van der Waals surface area contributed by atoms with Crippen molar-refractivity contribution >= 4 is 11.6 Å². The number of ether oxygens (including phenoxy) is 1. The number of carbonyl (C=O) groups is 1. The van der Waals surface area contributed by atoms with E-state index in [9.17, 15) is 4.79 Å². The Hall–Kier alpha value is -3.32. The monoisotopic (exact) mass is 448 g/mol. The number of rotatable bonds is 7. The predicted molar refractivity (Wildman–Crippen MR) is 129 cm³/mol. The fourth-order valence-electron chi connectivity index (χ4n) is 3.97. The van der Waals surface area contributed by atoms with Gasteiger partial charge in [-0.25, -0.2) is 0 Å². The summed E-state index contributed by atoms with van der Waals surface area (Å²) in [7, 11) is 2.16. The van der Waals surface area contributed by atoms with Crippen LogP contribution >= 0.6 is 0 Å². The predicted octanol–water partition coefficient (Wildman–Crippen LogP) is 4.11. The average molecular weight is 449 g/mol. The summed E-state index contributed by atoms with van der Waals surface area (Å²) in [6.07, 6.45) is 0. The number of nitrogens with one attached hydrogen (secondary N) is 1. The van der Waals surface area contributed by atoms with Crippen LogP contribution in [-0.4, -0.2) is 49.2 Å². The topological polar surface area (TPSA) is 70.8 Å². The van der Waals surface area contributed by atoms with Crippen molar-refractivity contribution in [3.63, 3.8) is 0 Å². The molecular formula is C26H32N4O3. The molecule has 3 aromatic rings. The normalized spacial score (nSPS) is 15.3. The Bertz CT molecular complexity index is 1050. The van der Waals surface area contributed by atoms with Crippen LogP contribution in [0.3, 0.4) is 0 Å². The van der Waals surface area contributed by atoms with Crippen LogP contribution in [0.5, 0.6) is 5.75 Å². The molecule has 1 atom stereocenters. The van der Waals surface area contributed by atoms with Gasteiger partial charge in [0.2, 0.25) is 0 Å². The number of benzene rings is 2. The van der Waals surface area contributed by atoms with Gasteiger partial charge in [0.25, 0.3) is 5.91 Å². The van der Waals surface area contributed by atoms with Crippen molar-refractivity contribution in [2.75, 3.05) is 38.1 Å². The minimum atomic E-state index is -0.108. The maximum absolute atomic E-state index is 12.7. The first-order chi connectivity index (χ1) is 15.9. The highest BCUT2D eigenvalue weighted by atomic mass is 16.5. The van der Waals surface area contributed by atoms with Crippen molar-refractivity contribution in [2.24, 2.45) is 0 Å². The van der Waals surface area contributed by atoms with Crippen molar-refractivity contribution in [3.8, 4) is 5.75 Å². The van der Waals surface area contributed by atoms with Gasteiger partial charge < -0.3 is 24.4 Å². The van der Waals surface area contributed by atoms with E-state index in [1.807, 2.05) is 32.9 Å². The van der Waals surface area contributed by atoms with E-state index in [1.165, 1.54) is 5.69 Å². The van der Waals surface area contributed by atoms with Gasteiger partial charge in [-0.3, -0.25) is 4.79 Å². The second-order valence-electron chi connectivity index (χ2n) is 8.69. The first-order valence-electron chi connectivity index (χ1n) is 11.4. The smallest absolute Gasteiger partial charge is 0.251 e. The molecule has 0 spiro atoms. The average Bonchev–Trinajstić information content (AvgIpc) is 3.15. The number of anilines is 1. The molecule has 2 aromatic carbocycles. The molecule has 33 heavy (non-hydrogen) atoms. The second kappa shape index (κ2) is 10.1. The zero-order valence-electron chi connectivity index (χ0n) is 19.8. The minimum Gasteiger partial charge on any atom is -0.489 e. The molecule has 0 radical (unpaired) electrons. The lowest BCUT2D eigenvalue weighted by Gasteiger charge is -2.34. The Morgan fingerprint density at radius 3 is 2.33 bits per heavy atom. The number of hydrogen-bond donors (Lipinski definition) is 1. The third-order valence-electron chi connectivity index (χ3n) is 6.29. The molecule has 1 N–H and O–H groups in total. The summed E-state index contributed by atoms with van der Waals surface area (Å²) in [5.74, 6) is 1.34. The SMILES string of the molecule is Cc1noc(C)c1COc1ccc(C(=O)N[C@H](C)c2ccc(N3CCN(C)CC3)cc2)cc1. The molecule has 1 aliphatic rings. The molecule has 1 aliphatic heterocycles. The maximum atomic E-state index is 12.7. The standard InChI is InChI=1S/C26H32N4O3/c1-18(21-5-9-23(10-6-21)30-15-13-29(4)14-16-30)27-26(31)22-7-11-24(12-8-22)32-17-25-19(2)28-33-20(25)3/h5-12,18H,13-17H2,1-4H3,(H,27,31)/t18-/m1/s1. The molecule has 2 heterocycles. The molecule has 7 nitrogen and oxygen atoms in total. The van der Waals surface area contributed by atoms with Crippen molar-refractivity contribution in [2.45, 2.75) is 33.4 Å². The van der Waals surface area contributed by atoms with Gasteiger partial charge in [0, 0.05) is 37.4 Å². The highest BCUT2D eigenvalue weighted by Crippen LogP contribution is 2.22. The first kappa shape index (κ1) is 22.9. The summed E-state index contributed by atoms with van der Waals surface area (Å²) in [5.41, 5.74) is 4.69. The zero-order chi connectivity index (χ0) is 23.4. The molecular weight excluding hydrogens is 416 g/mol. The van der Waals surface area contributed by atoms with Gasteiger partial charge in [0.05, 0.1) is 17.3 Å². The van der Waals surface area contributed by atoms with E-state index < -0.39 is 0 Å². The van der Waals surface area contributed by atoms with Crippen LogP contribution < -0.4 is 15.0 Å². The maximum Gasteiger partial charge on any atom is 0.251 e. The molecule has 174 valence electrons. The highest BCUT2D eigenvalue weighted by molar-refractivity contribution is 5.94. The second-order valence-corrected chi connectivity index (χ2v) is 8.69. The molecule has 0 aliphatic carbocycles. The van der Waals surface area contributed by atoms with Gasteiger partial charge in [-0.1, -0.05) is 17.3 Å². The summed E-state index contributed by atoms with van der Waals surface area (Å²) in [6.45, 7) is 10.4. The van der Waals surface area contributed by atoms with E-state index in [4.69, 9.17) is 9.26 Å². The number of aryl methyl sites for hydroxylation is 2. The van der Waals surface area contributed by atoms with Gasteiger partial charge in [-0.05, 0) is 69.8 Å². The van der Waals surface area contributed by atoms with E-state index in [0.29, 0.717) is 17.9 Å². The van der Waals surface area contributed by atoms with Gasteiger partial charge in [-0.2, -0.15) is 0 Å². The quantitative estimate of drug-likeness (QED) is 0.587. The Labute approximate surface area is 195 Å². The lowest BCUT2D eigenvalue weighted by Crippen LogP contribution is -2.44. The Kier molecular flexibility index (Phi) is 6.99. The van der Waals surface area contributed by atoms with Crippen LogP contribution in [-0.2, 0) is 6.61 Å². The molecule has 1 amide bonds. The number of amides is 1. The number of likely N-dealkylation sites (N-methyl/N-ethyl adjacent to an activating group) is 1. The van der Waals surface area contributed by atoms with Crippen LogP contribution in [0.1, 0.15) is 45.9 Å². The van der Waals surface area contributed by atoms with Crippen LogP contribution in [0.15, 0.2) is 53.1 Å². The molecule has 7 heteroatoms. The zero-order valence-corrected chi connectivity index (χ0v) is 19.8. The summed E-state index contributed by atoms with van der Waals surface area (Å²) in [6, 6.07) is 15.6. The number of nitrogens with zero attached hydrogens (tertiary/aromatic N) is 3. The molecule has 0 bridgehead atoms. The summed E-state index contributed by atoms with van der Waals surface area (Å²) < 4.78 is 11.0. The molecule has 4 rings (SSSR count). The van der Waals surface area contributed by atoms with E-state index in [0.717, 1.165) is 48.8 Å². The molecule has 0 saturated carbocycles. The van der Waals surface area contributed by atoms with Crippen LogP contribution in [0.2, 0.25) is 0 Å². The first-order valence-corrected chi connectivity index (χ1v) is 11.4. The van der Waals surface area contributed by atoms with Crippen LogP contribution in [0.4, 0.5) is 5.69 Å². The van der Waals surface area contributed by atoms with E-state index in [-0.39, 0.29) is 11.9 Å². The van der Waals surface area contributed by atoms with Gasteiger partial charge >= 0.3 is 0 Å². The van der Waals surface area contributed by atoms with E-state index in [1.54, 1.807) is 12.1 Å². The summed E-state index contributed by atoms with van der Waals surface area (Å²) in [5, 5.41) is 7.02. The Balaban J connectivity index is 1.31. The molecule has 1 saturated heterocycles. The van der Waals surface area contributed by atoms with E-state index in [2.05, 4.69) is 51.6 Å². The van der Waals surface area contributed by atoms with Gasteiger partial charge in [0.1, 0.15) is 18.1 Å². The molecule has 0 unspecified atom stereocenters. The van der Waals surface area contributed by atoms with Crippen molar-refractivity contribution < 1.29 is 14.1 Å². The fourth-order valence-corrected chi connectivity index (χ4v) is 3.97. The van der Waals surface area contributed by atoms with Gasteiger partial charge in [-0.15, -0.1) is 0 Å². The summed E-state index contributed by atoms with van der Waals surface area (Å²) in [4.78, 5) is 17.5. The van der Waals surface area contributed by atoms with Crippen molar-refractivity contribution in [3.05, 3.63) is 76.7 Å². The third kappa shape index (κ3) is 5.54. The van der Waals surface area contributed by atoms with Crippen molar-refractivity contribution in [1.29, 1.82) is 0 Å².